The Bertz CT molecular complexity index is 1340. The molecule has 0 radical (unpaired) electrons. The van der Waals surface area contributed by atoms with Crippen LogP contribution >= 0.6 is 12.2 Å². The molecular formula is C28H25N3O2S. The minimum atomic E-state index is -0.346. The fourth-order valence-electron chi connectivity index (χ4n) is 4.79. The standard InChI is InChI=1S/C28H25N3O2S/c1-4-29-26(32)23(27(33)30(5-2)28(29)34)15-14-19-16-18(3)31-24-13-9-8-11-21(24)20-10-6-7-12-22(20)25(31)17-19/h6-17H,4-5H2,1-3H3. The first-order valence-corrected chi connectivity index (χ1v) is 11.9. The van der Waals surface area contributed by atoms with Gasteiger partial charge in [-0.3, -0.25) is 19.4 Å². The fraction of sp³-hybridized carbons (Fsp3) is 0.179. The van der Waals surface area contributed by atoms with Gasteiger partial charge in [0.1, 0.15) is 5.57 Å². The first-order valence-electron chi connectivity index (χ1n) is 11.4. The maximum Gasteiger partial charge on any atom is 0.265 e. The number of thiocarbonyl (C=S) groups is 1. The van der Waals surface area contributed by atoms with Crippen LogP contribution in [0.25, 0.3) is 16.8 Å². The number of allylic oxidation sites excluding steroid dienone is 6. The number of hydrogen-bond acceptors (Lipinski definition) is 4. The highest BCUT2D eigenvalue weighted by molar-refractivity contribution is 7.80. The van der Waals surface area contributed by atoms with Crippen molar-refractivity contribution in [1.29, 1.82) is 0 Å². The van der Waals surface area contributed by atoms with E-state index < -0.39 is 0 Å². The maximum atomic E-state index is 13.0. The largest absolute Gasteiger partial charge is 0.313 e. The summed E-state index contributed by atoms with van der Waals surface area (Å²) in [4.78, 5) is 31.1. The van der Waals surface area contributed by atoms with Gasteiger partial charge in [-0.05, 0) is 68.4 Å². The first-order chi connectivity index (χ1) is 16.5. The number of fused-ring (bicyclic) bond motifs is 6. The van der Waals surface area contributed by atoms with Crippen LogP contribution in [-0.4, -0.2) is 39.8 Å². The van der Waals surface area contributed by atoms with E-state index >= 15 is 0 Å². The maximum absolute atomic E-state index is 13.0. The zero-order valence-corrected chi connectivity index (χ0v) is 20.2. The highest BCUT2D eigenvalue weighted by atomic mass is 32.1. The van der Waals surface area contributed by atoms with Crippen LogP contribution < -0.4 is 4.90 Å². The van der Waals surface area contributed by atoms with E-state index in [0.29, 0.717) is 13.1 Å². The van der Waals surface area contributed by atoms with Gasteiger partial charge in [-0.15, -0.1) is 0 Å². The van der Waals surface area contributed by atoms with Crippen LogP contribution in [0.5, 0.6) is 0 Å². The van der Waals surface area contributed by atoms with Crippen LogP contribution in [0.1, 0.15) is 26.3 Å². The van der Waals surface area contributed by atoms with E-state index in [2.05, 4.69) is 66.4 Å². The number of carbonyl (C=O) groups excluding carboxylic acids is 2. The predicted molar refractivity (Wildman–Crippen MR) is 140 cm³/mol. The van der Waals surface area contributed by atoms with E-state index in [0.717, 1.165) is 28.2 Å². The second-order valence-corrected chi connectivity index (χ2v) is 8.71. The normalized spacial score (nSPS) is 18.4. The lowest BCUT2D eigenvalue weighted by atomic mass is 9.88. The number of anilines is 1. The lowest BCUT2D eigenvalue weighted by Gasteiger charge is -2.38. The minimum absolute atomic E-state index is 0.131. The molecule has 1 saturated heterocycles. The average Bonchev–Trinajstić information content (AvgIpc) is 2.84. The molecule has 1 fully saturated rings. The number of hydrogen-bond donors (Lipinski definition) is 0. The molecule has 3 heterocycles. The Balaban J connectivity index is 1.60. The van der Waals surface area contributed by atoms with Gasteiger partial charge < -0.3 is 4.90 Å². The second kappa shape index (κ2) is 8.54. The summed E-state index contributed by atoms with van der Waals surface area (Å²) in [5, 5.41) is 0.272. The summed E-state index contributed by atoms with van der Waals surface area (Å²) in [7, 11) is 0. The van der Waals surface area contributed by atoms with Gasteiger partial charge in [0.15, 0.2) is 5.11 Å². The summed E-state index contributed by atoms with van der Waals surface area (Å²) < 4.78 is 0. The molecule has 0 atom stereocenters. The Hall–Kier alpha value is -3.77. The van der Waals surface area contributed by atoms with E-state index in [1.54, 1.807) is 6.08 Å². The van der Waals surface area contributed by atoms with Crippen molar-refractivity contribution in [3.8, 4) is 11.1 Å². The summed E-state index contributed by atoms with van der Waals surface area (Å²) in [6, 6.07) is 16.8. The highest BCUT2D eigenvalue weighted by Gasteiger charge is 2.37. The second-order valence-electron chi connectivity index (χ2n) is 8.34. The molecule has 5 nitrogen and oxygen atoms in total. The monoisotopic (exact) mass is 467 g/mol. The van der Waals surface area contributed by atoms with E-state index in [1.165, 1.54) is 20.9 Å². The zero-order chi connectivity index (χ0) is 24.0. The van der Waals surface area contributed by atoms with Gasteiger partial charge in [0.2, 0.25) is 0 Å². The molecule has 0 N–H and O–H groups in total. The lowest BCUT2D eigenvalue weighted by Crippen LogP contribution is -2.55. The third kappa shape index (κ3) is 3.33. The smallest absolute Gasteiger partial charge is 0.265 e. The zero-order valence-electron chi connectivity index (χ0n) is 19.4. The number of para-hydroxylation sites is 1. The summed E-state index contributed by atoms with van der Waals surface area (Å²) >= 11 is 5.36. The summed E-state index contributed by atoms with van der Waals surface area (Å²) in [6.07, 6.45) is 7.66. The molecule has 34 heavy (non-hydrogen) atoms. The number of nitrogens with zero attached hydrogens (tertiary/aromatic N) is 3. The number of rotatable bonds is 3. The van der Waals surface area contributed by atoms with Gasteiger partial charge >= 0.3 is 0 Å². The van der Waals surface area contributed by atoms with Crippen molar-refractivity contribution in [3.63, 3.8) is 0 Å². The molecule has 6 heteroatoms. The van der Waals surface area contributed by atoms with Crippen molar-refractivity contribution >= 4 is 40.5 Å². The van der Waals surface area contributed by atoms with Crippen molar-refractivity contribution in [3.05, 3.63) is 95.2 Å². The van der Waals surface area contributed by atoms with Gasteiger partial charge in [-0.25, -0.2) is 0 Å². The van der Waals surface area contributed by atoms with Crippen molar-refractivity contribution in [2.75, 3.05) is 18.0 Å². The molecule has 0 bridgehead atoms. The molecule has 0 spiro atoms. The molecule has 3 aliphatic rings. The minimum Gasteiger partial charge on any atom is -0.313 e. The van der Waals surface area contributed by atoms with Crippen LogP contribution in [-0.2, 0) is 9.59 Å². The Kier molecular flexibility index (Phi) is 5.54. The molecule has 0 aromatic heterocycles. The van der Waals surface area contributed by atoms with Gasteiger partial charge in [0, 0.05) is 29.9 Å². The number of benzene rings is 2. The van der Waals surface area contributed by atoms with Gasteiger partial charge in [-0.2, -0.15) is 0 Å². The Labute approximate surface area is 205 Å². The molecule has 0 aliphatic carbocycles. The van der Waals surface area contributed by atoms with E-state index in [1.807, 2.05) is 26.0 Å². The predicted octanol–water partition coefficient (Wildman–Crippen LogP) is 5.28. The van der Waals surface area contributed by atoms with Crippen LogP contribution in [0, 0.1) is 0 Å². The number of carbonyl (C=O) groups is 2. The van der Waals surface area contributed by atoms with Crippen LogP contribution in [0.15, 0.2) is 89.7 Å². The van der Waals surface area contributed by atoms with E-state index in [-0.39, 0.29) is 22.5 Å². The molecule has 0 saturated carbocycles. The molecule has 170 valence electrons. The molecule has 5 rings (SSSR count). The summed E-state index contributed by atoms with van der Waals surface area (Å²) in [6.45, 7) is 6.63. The Morgan fingerprint density at radius 2 is 1.38 bits per heavy atom. The Morgan fingerprint density at radius 1 is 0.794 bits per heavy atom. The van der Waals surface area contributed by atoms with Gasteiger partial charge in [-0.1, -0.05) is 48.5 Å². The summed E-state index contributed by atoms with van der Waals surface area (Å²) in [5.74, 6) is -0.691. The molecular weight excluding hydrogens is 442 g/mol. The molecule has 2 amide bonds. The third-order valence-electron chi connectivity index (χ3n) is 6.40. The highest BCUT2D eigenvalue weighted by Crippen LogP contribution is 2.47. The van der Waals surface area contributed by atoms with Crippen molar-refractivity contribution in [2.24, 2.45) is 0 Å². The SMILES string of the molecule is CCN1C(=O)C(=CC=C2C=C(C)N3C(=C2)c2ccccc2-c2ccccc23)C(=O)N(CC)C1=S. The van der Waals surface area contributed by atoms with E-state index in [9.17, 15) is 9.59 Å². The van der Waals surface area contributed by atoms with Crippen molar-refractivity contribution in [1.82, 2.24) is 9.80 Å². The quantitative estimate of drug-likeness (QED) is 0.350. The fourth-order valence-corrected chi connectivity index (χ4v) is 5.22. The lowest BCUT2D eigenvalue weighted by molar-refractivity contribution is -0.133. The Morgan fingerprint density at radius 3 is 2.03 bits per heavy atom. The molecule has 0 unspecified atom stereocenters. The number of amides is 2. The first kappa shape index (κ1) is 22.0. The van der Waals surface area contributed by atoms with E-state index in [4.69, 9.17) is 12.2 Å². The third-order valence-corrected chi connectivity index (χ3v) is 6.84. The summed E-state index contributed by atoms with van der Waals surface area (Å²) in [5.41, 5.74) is 7.88. The van der Waals surface area contributed by atoms with Crippen LogP contribution in [0.4, 0.5) is 5.69 Å². The van der Waals surface area contributed by atoms with Crippen molar-refractivity contribution in [2.45, 2.75) is 20.8 Å². The van der Waals surface area contributed by atoms with Gasteiger partial charge in [0.05, 0.1) is 11.4 Å². The molecule has 2 aromatic rings. The average molecular weight is 468 g/mol. The topological polar surface area (TPSA) is 43.9 Å². The van der Waals surface area contributed by atoms with Crippen molar-refractivity contribution < 1.29 is 9.59 Å². The number of likely N-dealkylation sites (N-methyl/N-ethyl adjacent to an activating group) is 2. The van der Waals surface area contributed by atoms with Crippen LogP contribution in [0.2, 0.25) is 0 Å². The molecule has 2 aromatic carbocycles. The van der Waals surface area contributed by atoms with Crippen LogP contribution in [0.3, 0.4) is 0 Å². The van der Waals surface area contributed by atoms with Gasteiger partial charge in [0.25, 0.3) is 11.8 Å². The molecule has 3 aliphatic heterocycles.